The van der Waals surface area contributed by atoms with Gasteiger partial charge in [0.2, 0.25) is 5.88 Å². The van der Waals surface area contributed by atoms with Crippen molar-refractivity contribution >= 4 is 11.8 Å². The van der Waals surface area contributed by atoms with Crippen LogP contribution in [0.15, 0.2) is 65.8 Å². The Morgan fingerprint density at radius 3 is 2.36 bits per heavy atom. The molecule has 0 atom stereocenters. The van der Waals surface area contributed by atoms with E-state index >= 15 is 0 Å². The fraction of sp³-hybridized carbons (Fsp3) is 0.238. The van der Waals surface area contributed by atoms with Crippen molar-refractivity contribution in [2.45, 2.75) is 37.6 Å². The van der Waals surface area contributed by atoms with Gasteiger partial charge in [-0.25, -0.2) is 4.98 Å². The van der Waals surface area contributed by atoms with Gasteiger partial charge >= 0.3 is 0 Å². The van der Waals surface area contributed by atoms with Crippen LogP contribution in [0.1, 0.15) is 36.6 Å². The topological polar surface area (TPSA) is 35.0 Å². The zero-order valence-electron chi connectivity index (χ0n) is 14.8. The second-order valence-corrected chi connectivity index (χ2v) is 7.20. The summed E-state index contributed by atoms with van der Waals surface area (Å²) < 4.78 is 5.91. The van der Waals surface area contributed by atoms with Crippen LogP contribution in [0.2, 0.25) is 0 Å². The van der Waals surface area contributed by atoms with Gasteiger partial charge in [-0.3, -0.25) is 0 Å². The van der Waals surface area contributed by atoms with E-state index in [1.54, 1.807) is 11.8 Å². The Bertz CT molecular complexity index is 817. The third-order valence-corrected chi connectivity index (χ3v) is 4.67. The summed E-state index contributed by atoms with van der Waals surface area (Å²) in [5.41, 5.74) is 3.53. The second kappa shape index (κ2) is 8.17. The van der Waals surface area contributed by atoms with Crippen LogP contribution in [0.3, 0.4) is 0 Å². The monoisotopic (exact) mass is 350 g/mol. The first-order valence-corrected chi connectivity index (χ1v) is 9.39. The molecular formula is C21H22N2OS. The SMILES string of the molecule is Cc1ccc(CSc2nc(Oc3ccccc3)cc(C(C)C)n2)cc1. The quantitative estimate of drug-likeness (QED) is 0.404. The molecule has 1 aromatic heterocycles. The third kappa shape index (κ3) is 5.07. The standard InChI is InChI=1S/C21H22N2OS/c1-15(2)19-13-20(24-18-7-5-4-6-8-18)23-21(22-19)25-14-17-11-9-16(3)10-12-17/h4-13,15H,14H2,1-3H3. The van der Waals surface area contributed by atoms with E-state index < -0.39 is 0 Å². The molecule has 4 heteroatoms. The zero-order valence-corrected chi connectivity index (χ0v) is 15.6. The van der Waals surface area contributed by atoms with E-state index in [1.807, 2.05) is 36.4 Å². The molecule has 3 rings (SSSR count). The van der Waals surface area contributed by atoms with E-state index in [2.05, 4.69) is 55.0 Å². The molecule has 3 aromatic rings. The normalized spacial score (nSPS) is 10.9. The van der Waals surface area contributed by atoms with Crippen molar-refractivity contribution in [2.75, 3.05) is 0 Å². The molecule has 0 amide bonds. The molecule has 0 radical (unpaired) electrons. The van der Waals surface area contributed by atoms with E-state index in [9.17, 15) is 0 Å². The van der Waals surface area contributed by atoms with Gasteiger partial charge in [0.05, 0.1) is 5.69 Å². The van der Waals surface area contributed by atoms with Crippen LogP contribution in [-0.2, 0) is 5.75 Å². The number of hydrogen-bond acceptors (Lipinski definition) is 4. The first-order valence-electron chi connectivity index (χ1n) is 8.40. The van der Waals surface area contributed by atoms with Gasteiger partial charge in [-0.15, -0.1) is 0 Å². The summed E-state index contributed by atoms with van der Waals surface area (Å²) in [6.07, 6.45) is 0. The lowest BCUT2D eigenvalue weighted by Crippen LogP contribution is -1.99. The molecule has 1 heterocycles. The minimum atomic E-state index is 0.319. The van der Waals surface area contributed by atoms with Gasteiger partial charge in [-0.1, -0.05) is 73.6 Å². The van der Waals surface area contributed by atoms with Crippen LogP contribution in [0.25, 0.3) is 0 Å². The van der Waals surface area contributed by atoms with Crippen molar-refractivity contribution in [2.24, 2.45) is 0 Å². The number of nitrogens with zero attached hydrogens (tertiary/aromatic N) is 2. The molecule has 0 saturated heterocycles. The first-order chi connectivity index (χ1) is 12.1. The molecule has 0 aliphatic heterocycles. The number of para-hydroxylation sites is 1. The molecule has 0 aliphatic rings. The molecule has 128 valence electrons. The summed E-state index contributed by atoms with van der Waals surface area (Å²) in [5, 5.41) is 0.748. The Hall–Kier alpha value is -2.33. The molecule has 2 aromatic carbocycles. The summed E-state index contributed by atoms with van der Waals surface area (Å²) in [6.45, 7) is 6.35. The van der Waals surface area contributed by atoms with Gasteiger partial charge in [0.1, 0.15) is 5.75 Å². The molecule has 25 heavy (non-hydrogen) atoms. The number of hydrogen-bond donors (Lipinski definition) is 0. The lowest BCUT2D eigenvalue weighted by molar-refractivity contribution is 0.453. The molecular weight excluding hydrogens is 328 g/mol. The maximum atomic E-state index is 5.91. The zero-order chi connectivity index (χ0) is 17.6. The largest absolute Gasteiger partial charge is 0.439 e. The van der Waals surface area contributed by atoms with Crippen molar-refractivity contribution in [3.05, 3.63) is 77.5 Å². The number of thioether (sulfide) groups is 1. The summed E-state index contributed by atoms with van der Waals surface area (Å²) in [7, 11) is 0. The molecule has 0 saturated carbocycles. The highest BCUT2D eigenvalue weighted by molar-refractivity contribution is 7.98. The van der Waals surface area contributed by atoms with Crippen molar-refractivity contribution in [3.63, 3.8) is 0 Å². The highest BCUT2D eigenvalue weighted by Gasteiger charge is 2.10. The van der Waals surface area contributed by atoms with Crippen LogP contribution in [-0.4, -0.2) is 9.97 Å². The van der Waals surface area contributed by atoms with Crippen molar-refractivity contribution in [3.8, 4) is 11.6 Å². The smallest absolute Gasteiger partial charge is 0.223 e. The van der Waals surface area contributed by atoms with Gasteiger partial charge in [0.25, 0.3) is 0 Å². The first kappa shape index (κ1) is 17.5. The average molecular weight is 350 g/mol. The minimum absolute atomic E-state index is 0.319. The van der Waals surface area contributed by atoms with Crippen molar-refractivity contribution in [1.82, 2.24) is 9.97 Å². The summed E-state index contributed by atoms with van der Waals surface area (Å²) in [5.74, 6) is 2.54. The van der Waals surface area contributed by atoms with Crippen LogP contribution in [0, 0.1) is 6.92 Å². The number of ether oxygens (including phenoxy) is 1. The second-order valence-electron chi connectivity index (χ2n) is 6.26. The molecule has 3 nitrogen and oxygen atoms in total. The molecule has 0 bridgehead atoms. The lowest BCUT2D eigenvalue weighted by Gasteiger charge is -2.11. The van der Waals surface area contributed by atoms with Gasteiger partial charge in [-0.05, 0) is 30.5 Å². The molecule has 0 aliphatic carbocycles. The summed E-state index contributed by atoms with van der Waals surface area (Å²) in [4.78, 5) is 9.25. The highest BCUT2D eigenvalue weighted by atomic mass is 32.2. The Morgan fingerprint density at radius 1 is 0.960 bits per heavy atom. The Labute approximate surface area is 153 Å². The van der Waals surface area contributed by atoms with Crippen molar-refractivity contribution < 1.29 is 4.74 Å². The van der Waals surface area contributed by atoms with Crippen LogP contribution in [0.5, 0.6) is 11.6 Å². The van der Waals surface area contributed by atoms with E-state index in [1.165, 1.54) is 11.1 Å². The number of benzene rings is 2. The Kier molecular flexibility index (Phi) is 5.71. The highest BCUT2D eigenvalue weighted by Crippen LogP contribution is 2.27. The Morgan fingerprint density at radius 2 is 1.68 bits per heavy atom. The molecule has 0 unspecified atom stereocenters. The molecule has 0 spiro atoms. The average Bonchev–Trinajstić information content (AvgIpc) is 2.62. The Balaban J connectivity index is 1.79. The van der Waals surface area contributed by atoms with E-state index in [4.69, 9.17) is 4.74 Å². The number of rotatable bonds is 6. The van der Waals surface area contributed by atoms with E-state index in [0.29, 0.717) is 11.8 Å². The van der Waals surface area contributed by atoms with E-state index in [0.717, 1.165) is 22.4 Å². The number of aromatic nitrogens is 2. The van der Waals surface area contributed by atoms with Gasteiger partial charge < -0.3 is 4.74 Å². The third-order valence-electron chi connectivity index (χ3n) is 3.75. The van der Waals surface area contributed by atoms with Gasteiger partial charge in [-0.2, -0.15) is 4.98 Å². The van der Waals surface area contributed by atoms with Gasteiger partial charge in [0.15, 0.2) is 5.16 Å². The summed E-state index contributed by atoms with van der Waals surface area (Å²) in [6, 6.07) is 20.2. The molecule has 0 fully saturated rings. The maximum absolute atomic E-state index is 5.91. The van der Waals surface area contributed by atoms with Crippen molar-refractivity contribution in [1.29, 1.82) is 0 Å². The van der Waals surface area contributed by atoms with E-state index in [-0.39, 0.29) is 0 Å². The van der Waals surface area contributed by atoms with Crippen LogP contribution >= 0.6 is 11.8 Å². The lowest BCUT2D eigenvalue weighted by atomic mass is 10.1. The summed E-state index contributed by atoms with van der Waals surface area (Å²) >= 11 is 1.63. The number of aryl methyl sites for hydroxylation is 1. The fourth-order valence-electron chi connectivity index (χ4n) is 2.27. The van der Waals surface area contributed by atoms with Crippen LogP contribution in [0.4, 0.5) is 0 Å². The predicted octanol–water partition coefficient (Wildman–Crippen LogP) is 5.99. The maximum Gasteiger partial charge on any atom is 0.223 e. The fourth-order valence-corrected chi connectivity index (χ4v) is 3.09. The minimum Gasteiger partial charge on any atom is -0.439 e. The predicted molar refractivity (Wildman–Crippen MR) is 103 cm³/mol. The molecule has 0 N–H and O–H groups in total. The van der Waals surface area contributed by atoms with Crippen LogP contribution < -0.4 is 4.74 Å². The van der Waals surface area contributed by atoms with Gasteiger partial charge in [0, 0.05) is 11.8 Å².